The van der Waals surface area contributed by atoms with Crippen LogP contribution in [-0.4, -0.2) is 64.4 Å². The minimum absolute atomic E-state index is 0.0602. The summed E-state index contributed by atoms with van der Waals surface area (Å²) in [4.78, 5) is 28.9. The number of benzene rings is 2. The van der Waals surface area contributed by atoms with E-state index < -0.39 is 0 Å². The van der Waals surface area contributed by atoms with E-state index in [1.807, 2.05) is 4.90 Å². The van der Waals surface area contributed by atoms with Crippen LogP contribution in [0.2, 0.25) is 5.02 Å². The summed E-state index contributed by atoms with van der Waals surface area (Å²) in [5, 5.41) is 8.31. The molecular formula is C20H18ClFN4O2. The molecule has 1 N–H and O–H groups in total. The number of fused-ring (bicyclic) bond motifs is 1. The fourth-order valence-corrected chi connectivity index (χ4v) is 3.52. The van der Waals surface area contributed by atoms with Crippen LogP contribution in [0.1, 0.15) is 20.8 Å². The van der Waals surface area contributed by atoms with E-state index in [0.717, 1.165) is 10.9 Å². The number of amides is 1. The van der Waals surface area contributed by atoms with Crippen molar-refractivity contribution in [3.05, 3.63) is 64.6 Å². The normalized spacial score (nSPS) is 15.1. The van der Waals surface area contributed by atoms with Crippen LogP contribution in [0, 0.1) is 5.82 Å². The van der Waals surface area contributed by atoms with Crippen molar-refractivity contribution < 1.29 is 14.0 Å². The lowest BCUT2D eigenvalue weighted by atomic mass is 10.1. The molecule has 0 spiro atoms. The van der Waals surface area contributed by atoms with Crippen molar-refractivity contribution in [2.75, 3.05) is 32.7 Å². The van der Waals surface area contributed by atoms with E-state index >= 15 is 0 Å². The fourth-order valence-electron chi connectivity index (χ4n) is 3.34. The number of hydrogen-bond donors (Lipinski definition) is 1. The highest BCUT2D eigenvalue weighted by Gasteiger charge is 2.26. The molecular weight excluding hydrogens is 383 g/mol. The maximum Gasteiger partial charge on any atom is 0.275 e. The molecule has 0 atom stereocenters. The van der Waals surface area contributed by atoms with Crippen molar-refractivity contribution in [1.82, 2.24) is 20.0 Å². The first-order valence-corrected chi connectivity index (χ1v) is 9.33. The molecule has 8 heteroatoms. The predicted octanol–water partition coefficient (Wildman–Crippen LogP) is 3.00. The van der Waals surface area contributed by atoms with Gasteiger partial charge in [0.2, 0.25) is 0 Å². The molecule has 6 nitrogen and oxygen atoms in total. The average molecular weight is 401 g/mol. The molecule has 0 bridgehead atoms. The lowest BCUT2D eigenvalue weighted by Gasteiger charge is -2.34. The molecule has 0 unspecified atom stereocenters. The molecule has 144 valence electrons. The zero-order valence-corrected chi connectivity index (χ0v) is 15.7. The Bertz CT molecular complexity index is 1030. The summed E-state index contributed by atoms with van der Waals surface area (Å²) in [6, 6.07) is 10.8. The Morgan fingerprint density at radius 3 is 2.50 bits per heavy atom. The van der Waals surface area contributed by atoms with E-state index in [1.165, 1.54) is 24.3 Å². The van der Waals surface area contributed by atoms with E-state index in [-0.39, 0.29) is 24.1 Å². The zero-order chi connectivity index (χ0) is 19.7. The smallest absolute Gasteiger partial charge is 0.275 e. The third-order valence-corrected chi connectivity index (χ3v) is 5.16. The molecule has 2 aromatic carbocycles. The van der Waals surface area contributed by atoms with Crippen LogP contribution in [0.15, 0.2) is 42.5 Å². The number of carbonyl (C=O) groups excluding carboxylic acids is 2. The SMILES string of the molecule is O=C(CN1CCN(C(=O)c2n[nH]c3cc(Cl)ccc23)CC1)c1ccc(F)cc1. The van der Waals surface area contributed by atoms with E-state index in [1.54, 1.807) is 23.1 Å². The number of carbonyl (C=O) groups is 2. The molecule has 2 heterocycles. The minimum Gasteiger partial charge on any atom is -0.335 e. The van der Waals surface area contributed by atoms with Gasteiger partial charge in [0.25, 0.3) is 5.91 Å². The maximum absolute atomic E-state index is 13.0. The Morgan fingerprint density at radius 1 is 1.07 bits per heavy atom. The Balaban J connectivity index is 1.37. The number of H-pyrrole nitrogens is 1. The Morgan fingerprint density at radius 2 is 1.79 bits per heavy atom. The van der Waals surface area contributed by atoms with Gasteiger partial charge in [-0.15, -0.1) is 0 Å². The first kappa shape index (κ1) is 18.6. The highest BCUT2D eigenvalue weighted by molar-refractivity contribution is 6.31. The highest BCUT2D eigenvalue weighted by atomic mass is 35.5. The second-order valence-electron chi connectivity index (χ2n) is 6.76. The van der Waals surface area contributed by atoms with Gasteiger partial charge in [-0.1, -0.05) is 11.6 Å². The molecule has 0 aliphatic carbocycles. The third-order valence-electron chi connectivity index (χ3n) is 4.92. The second kappa shape index (κ2) is 7.69. The third kappa shape index (κ3) is 3.76. The molecule has 0 radical (unpaired) electrons. The number of aromatic nitrogens is 2. The Hall–Kier alpha value is -2.77. The molecule has 1 aromatic heterocycles. The number of nitrogens with one attached hydrogen (secondary N) is 1. The van der Waals surface area contributed by atoms with Gasteiger partial charge in [0.15, 0.2) is 11.5 Å². The highest BCUT2D eigenvalue weighted by Crippen LogP contribution is 2.21. The van der Waals surface area contributed by atoms with Crippen LogP contribution in [0.3, 0.4) is 0 Å². The van der Waals surface area contributed by atoms with Gasteiger partial charge in [-0.05, 0) is 42.5 Å². The Labute approximate surface area is 165 Å². The lowest BCUT2D eigenvalue weighted by Crippen LogP contribution is -2.50. The van der Waals surface area contributed by atoms with E-state index in [9.17, 15) is 14.0 Å². The van der Waals surface area contributed by atoms with Crippen LogP contribution in [-0.2, 0) is 0 Å². The zero-order valence-electron chi connectivity index (χ0n) is 15.0. The largest absolute Gasteiger partial charge is 0.335 e. The van der Waals surface area contributed by atoms with Crippen molar-refractivity contribution in [3.8, 4) is 0 Å². The molecule has 3 aromatic rings. The summed E-state index contributed by atoms with van der Waals surface area (Å²) in [7, 11) is 0. The first-order chi connectivity index (χ1) is 13.5. The van der Waals surface area contributed by atoms with Gasteiger partial charge < -0.3 is 4.90 Å². The van der Waals surface area contributed by atoms with Crippen LogP contribution in [0.25, 0.3) is 10.9 Å². The van der Waals surface area contributed by atoms with E-state index in [2.05, 4.69) is 10.2 Å². The standard InChI is InChI=1S/C20H18ClFN4O2/c21-14-3-6-16-17(11-14)23-24-19(16)20(28)26-9-7-25(8-10-26)12-18(27)13-1-4-15(22)5-2-13/h1-6,11H,7-10,12H2,(H,23,24). The number of nitrogens with zero attached hydrogens (tertiary/aromatic N) is 3. The van der Waals surface area contributed by atoms with Gasteiger partial charge in [-0.2, -0.15) is 5.10 Å². The number of rotatable bonds is 4. The maximum atomic E-state index is 13.0. The number of piperazine rings is 1. The van der Waals surface area contributed by atoms with Crippen LogP contribution in [0.5, 0.6) is 0 Å². The predicted molar refractivity (Wildman–Crippen MR) is 104 cm³/mol. The summed E-state index contributed by atoms with van der Waals surface area (Å²) in [6.07, 6.45) is 0. The van der Waals surface area contributed by atoms with Gasteiger partial charge in [-0.25, -0.2) is 4.39 Å². The number of aromatic amines is 1. The molecule has 28 heavy (non-hydrogen) atoms. The van der Waals surface area contributed by atoms with Crippen molar-refractivity contribution in [3.63, 3.8) is 0 Å². The van der Waals surface area contributed by atoms with Crippen LogP contribution >= 0.6 is 11.6 Å². The molecule has 1 amide bonds. The average Bonchev–Trinajstić information content (AvgIpc) is 3.11. The summed E-state index contributed by atoms with van der Waals surface area (Å²) >= 11 is 5.97. The number of ketones is 1. The van der Waals surface area contributed by atoms with Gasteiger partial charge in [-0.3, -0.25) is 19.6 Å². The Kier molecular flexibility index (Phi) is 5.11. The lowest BCUT2D eigenvalue weighted by molar-refractivity contribution is 0.0621. The monoisotopic (exact) mass is 400 g/mol. The second-order valence-corrected chi connectivity index (χ2v) is 7.20. The van der Waals surface area contributed by atoms with Crippen molar-refractivity contribution in [2.24, 2.45) is 0 Å². The van der Waals surface area contributed by atoms with Crippen molar-refractivity contribution >= 4 is 34.2 Å². The van der Waals surface area contributed by atoms with Crippen LogP contribution < -0.4 is 0 Å². The van der Waals surface area contributed by atoms with Gasteiger partial charge in [0.05, 0.1) is 12.1 Å². The molecule has 1 fully saturated rings. The fraction of sp³-hybridized carbons (Fsp3) is 0.250. The quantitative estimate of drug-likeness (QED) is 0.683. The summed E-state index contributed by atoms with van der Waals surface area (Å²) < 4.78 is 13.0. The van der Waals surface area contributed by atoms with Gasteiger partial charge in [0, 0.05) is 42.2 Å². The van der Waals surface area contributed by atoms with Crippen molar-refractivity contribution in [1.29, 1.82) is 0 Å². The molecule has 1 aliphatic rings. The number of Topliss-reactive ketones (excluding diaryl/α,β-unsaturated/α-hetero) is 1. The van der Waals surface area contributed by atoms with Crippen molar-refractivity contribution in [2.45, 2.75) is 0 Å². The molecule has 4 rings (SSSR count). The number of hydrogen-bond acceptors (Lipinski definition) is 4. The molecule has 1 aliphatic heterocycles. The minimum atomic E-state index is -0.364. The molecule has 1 saturated heterocycles. The summed E-state index contributed by atoms with van der Waals surface area (Å²) in [6.45, 7) is 2.45. The first-order valence-electron chi connectivity index (χ1n) is 8.95. The summed E-state index contributed by atoms with van der Waals surface area (Å²) in [5.41, 5.74) is 1.59. The molecule has 0 saturated carbocycles. The van der Waals surface area contributed by atoms with Gasteiger partial charge >= 0.3 is 0 Å². The topological polar surface area (TPSA) is 69.3 Å². The van der Waals surface area contributed by atoms with E-state index in [0.29, 0.717) is 42.5 Å². The van der Waals surface area contributed by atoms with E-state index in [4.69, 9.17) is 11.6 Å². The van der Waals surface area contributed by atoms with Crippen LogP contribution in [0.4, 0.5) is 4.39 Å². The van der Waals surface area contributed by atoms with Gasteiger partial charge in [0.1, 0.15) is 5.82 Å². The number of halogens is 2. The summed E-state index contributed by atoms with van der Waals surface area (Å²) in [5.74, 6) is -0.565.